The maximum absolute atomic E-state index is 12.6. The zero-order valence-electron chi connectivity index (χ0n) is 5.90. The predicted molar refractivity (Wildman–Crippen MR) is 39.9 cm³/mol. The molecule has 0 bridgehead atoms. The smallest absolute Gasteiger partial charge is 0.124 e. The van der Waals surface area contributed by atoms with E-state index >= 15 is 0 Å². The Morgan fingerprint density at radius 3 is 2.83 bits per heavy atom. The summed E-state index contributed by atoms with van der Waals surface area (Å²) in [6.45, 7) is 0. The molecule has 0 spiro atoms. The van der Waals surface area contributed by atoms with Gasteiger partial charge < -0.3 is 0 Å². The van der Waals surface area contributed by atoms with Crippen LogP contribution in [0.1, 0.15) is 5.56 Å². The van der Waals surface area contributed by atoms with Gasteiger partial charge in [0.2, 0.25) is 0 Å². The van der Waals surface area contributed by atoms with E-state index in [0.29, 0.717) is 0 Å². The molecule has 0 aromatic heterocycles. The van der Waals surface area contributed by atoms with Crippen molar-refractivity contribution in [2.24, 2.45) is 5.11 Å². The average Bonchev–Trinajstić information content (AvgIpc) is 2.04. The summed E-state index contributed by atoms with van der Waals surface area (Å²) in [6, 6.07) is 5.17. The summed E-state index contributed by atoms with van der Waals surface area (Å²) in [7, 11) is 0. The topological polar surface area (TPSA) is 72.5 Å². The van der Waals surface area contributed by atoms with Gasteiger partial charge in [-0.1, -0.05) is 5.11 Å². The third kappa shape index (κ3) is 1.72. The third-order valence-electron chi connectivity index (χ3n) is 1.17. The minimum absolute atomic E-state index is 0.106. The Balaban J connectivity index is 3.25. The van der Waals surface area contributed by atoms with Crippen LogP contribution in [0.3, 0.4) is 0 Å². The van der Waals surface area contributed by atoms with Crippen LogP contribution in [0.5, 0.6) is 0 Å². The maximum Gasteiger partial charge on any atom is 0.124 e. The van der Waals surface area contributed by atoms with Gasteiger partial charge in [0.05, 0.1) is 11.6 Å². The predicted octanol–water partition coefficient (Wildman–Crippen LogP) is 2.64. The summed E-state index contributed by atoms with van der Waals surface area (Å²) >= 11 is 0. The molecule has 0 atom stereocenters. The van der Waals surface area contributed by atoms with Gasteiger partial charge in [0.25, 0.3) is 0 Å². The molecular weight excluding hydrogens is 159 g/mol. The highest BCUT2D eigenvalue weighted by Crippen LogP contribution is 2.16. The van der Waals surface area contributed by atoms with Crippen LogP contribution in [0.2, 0.25) is 0 Å². The molecule has 1 aromatic rings. The second-order valence-electron chi connectivity index (χ2n) is 2.00. The van der Waals surface area contributed by atoms with Crippen molar-refractivity contribution in [1.82, 2.24) is 0 Å². The molecule has 0 aliphatic carbocycles. The minimum Gasteiger partial charge on any atom is -0.207 e. The van der Waals surface area contributed by atoms with Gasteiger partial charge in [-0.05, 0) is 23.7 Å². The quantitative estimate of drug-likeness (QED) is 0.355. The number of hydrogen-bond donors (Lipinski definition) is 0. The number of hydrogen-bond acceptors (Lipinski definition) is 2. The summed E-state index contributed by atoms with van der Waals surface area (Å²) in [4.78, 5) is 2.47. The number of nitriles is 1. The highest BCUT2D eigenvalue weighted by molar-refractivity contribution is 5.45. The van der Waals surface area contributed by atoms with Crippen LogP contribution in [0.4, 0.5) is 10.1 Å². The SMILES string of the molecule is N#Cc1cc(F)cc(N=[N+]=[N-])c1. The van der Waals surface area contributed by atoms with Crippen LogP contribution >= 0.6 is 0 Å². The lowest BCUT2D eigenvalue weighted by Gasteiger charge is -1.92. The molecule has 0 saturated heterocycles. The second kappa shape index (κ2) is 3.37. The molecule has 0 amide bonds. The summed E-state index contributed by atoms with van der Waals surface area (Å²) in [5.74, 6) is -0.587. The molecular formula is C7H3FN4. The zero-order chi connectivity index (χ0) is 8.97. The third-order valence-corrected chi connectivity index (χ3v) is 1.17. The van der Waals surface area contributed by atoms with E-state index in [-0.39, 0.29) is 11.3 Å². The fraction of sp³-hybridized carbons (Fsp3) is 0. The highest BCUT2D eigenvalue weighted by atomic mass is 19.1. The van der Waals surface area contributed by atoms with E-state index in [0.717, 1.165) is 12.1 Å². The first kappa shape index (κ1) is 8.05. The van der Waals surface area contributed by atoms with Crippen LogP contribution < -0.4 is 0 Å². The largest absolute Gasteiger partial charge is 0.207 e. The van der Waals surface area contributed by atoms with Crippen molar-refractivity contribution in [2.75, 3.05) is 0 Å². The van der Waals surface area contributed by atoms with Crippen molar-refractivity contribution in [3.63, 3.8) is 0 Å². The van der Waals surface area contributed by atoms with Gasteiger partial charge in [0.15, 0.2) is 0 Å². The zero-order valence-corrected chi connectivity index (χ0v) is 5.90. The summed E-state index contributed by atoms with van der Waals surface area (Å²) in [5, 5.41) is 11.6. The van der Waals surface area contributed by atoms with Crippen LogP contribution in [-0.4, -0.2) is 0 Å². The van der Waals surface area contributed by atoms with Gasteiger partial charge in [-0.25, -0.2) is 4.39 Å². The molecule has 1 aromatic carbocycles. The van der Waals surface area contributed by atoms with E-state index in [2.05, 4.69) is 10.0 Å². The molecule has 0 unspecified atom stereocenters. The standard InChI is InChI=1S/C7H3FN4/c8-6-1-5(4-9)2-7(3-6)11-12-10/h1-3H. The van der Waals surface area contributed by atoms with E-state index in [4.69, 9.17) is 10.8 Å². The molecule has 0 aliphatic heterocycles. The van der Waals surface area contributed by atoms with Crippen molar-refractivity contribution < 1.29 is 4.39 Å². The van der Waals surface area contributed by atoms with Crippen molar-refractivity contribution in [3.05, 3.63) is 40.0 Å². The molecule has 12 heavy (non-hydrogen) atoms. The van der Waals surface area contributed by atoms with Gasteiger partial charge in [0.1, 0.15) is 5.82 Å². The molecule has 0 heterocycles. The Labute approximate surface area is 67.5 Å². The lowest BCUT2D eigenvalue weighted by molar-refractivity contribution is 0.627. The summed E-state index contributed by atoms with van der Waals surface area (Å²) in [6.07, 6.45) is 0. The molecule has 4 nitrogen and oxygen atoms in total. The minimum atomic E-state index is -0.587. The van der Waals surface area contributed by atoms with E-state index in [1.54, 1.807) is 6.07 Å². The second-order valence-corrected chi connectivity index (χ2v) is 2.00. The highest BCUT2D eigenvalue weighted by Gasteiger charge is 1.97. The molecule has 0 aliphatic rings. The lowest BCUT2D eigenvalue weighted by Crippen LogP contribution is -1.77. The average molecular weight is 162 g/mol. The molecule has 0 radical (unpaired) electrons. The number of nitrogens with zero attached hydrogens (tertiary/aromatic N) is 4. The number of rotatable bonds is 1. The van der Waals surface area contributed by atoms with Gasteiger partial charge >= 0.3 is 0 Å². The Morgan fingerprint density at radius 1 is 1.50 bits per heavy atom. The van der Waals surface area contributed by atoms with Crippen LogP contribution in [0, 0.1) is 17.1 Å². The fourth-order valence-electron chi connectivity index (χ4n) is 0.748. The van der Waals surface area contributed by atoms with Crippen LogP contribution in [-0.2, 0) is 0 Å². The molecule has 1 rings (SSSR count). The van der Waals surface area contributed by atoms with Crippen molar-refractivity contribution in [1.29, 1.82) is 5.26 Å². The molecule has 58 valence electrons. The first-order valence-corrected chi connectivity index (χ1v) is 3.02. The number of azide groups is 1. The van der Waals surface area contributed by atoms with Crippen molar-refractivity contribution in [3.8, 4) is 6.07 Å². The Morgan fingerprint density at radius 2 is 2.25 bits per heavy atom. The number of halogens is 1. The van der Waals surface area contributed by atoms with Crippen LogP contribution in [0.25, 0.3) is 10.4 Å². The molecule has 0 N–H and O–H groups in total. The maximum atomic E-state index is 12.6. The van der Waals surface area contributed by atoms with Crippen molar-refractivity contribution >= 4 is 5.69 Å². The molecule has 0 saturated carbocycles. The Bertz CT molecular complexity index is 387. The first-order valence-electron chi connectivity index (χ1n) is 3.02. The van der Waals surface area contributed by atoms with E-state index < -0.39 is 5.82 Å². The summed E-state index contributed by atoms with van der Waals surface area (Å²) < 4.78 is 12.6. The van der Waals surface area contributed by atoms with Crippen molar-refractivity contribution in [2.45, 2.75) is 0 Å². The Hall–Kier alpha value is -2.05. The normalized spacial score (nSPS) is 8.33. The lowest BCUT2D eigenvalue weighted by atomic mass is 10.2. The summed E-state index contributed by atoms with van der Waals surface area (Å²) in [5.41, 5.74) is 8.27. The van der Waals surface area contributed by atoms with Gasteiger partial charge in [0, 0.05) is 10.6 Å². The van der Waals surface area contributed by atoms with E-state index in [1.165, 1.54) is 6.07 Å². The molecule has 0 fully saturated rings. The number of benzene rings is 1. The van der Waals surface area contributed by atoms with Gasteiger partial charge in [-0.2, -0.15) is 5.26 Å². The van der Waals surface area contributed by atoms with Gasteiger partial charge in [-0.3, -0.25) is 0 Å². The fourth-order valence-corrected chi connectivity index (χ4v) is 0.748. The first-order chi connectivity index (χ1) is 5.76. The van der Waals surface area contributed by atoms with E-state index in [1.807, 2.05) is 0 Å². The monoisotopic (exact) mass is 162 g/mol. The van der Waals surface area contributed by atoms with E-state index in [9.17, 15) is 4.39 Å². The van der Waals surface area contributed by atoms with Crippen LogP contribution in [0.15, 0.2) is 23.3 Å². The molecule has 5 heteroatoms. The Kier molecular flexibility index (Phi) is 2.26. The van der Waals surface area contributed by atoms with Gasteiger partial charge in [-0.15, -0.1) is 0 Å².